The molecule has 0 unspecified atom stereocenters. The summed E-state index contributed by atoms with van der Waals surface area (Å²) < 4.78 is 25.6. The van der Waals surface area contributed by atoms with Gasteiger partial charge in [-0.05, 0) is 6.07 Å². The van der Waals surface area contributed by atoms with Gasteiger partial charge in [-0.1, -0.05) is 49.9 Å². The predicted octanol–water partition coefficient (Wildman–Crippen LogP) is 4.19. The molecule has 1 heterocycles. The van der Waals surface area contributed by atoms with Gasteiger partial charge in [0.05, 0.1) is 10.7 Å². The average molecular weight is 358 g/mol. The van der Waals surface area contributed by atoms with Crippen LogP contribution < -0.4 is 10.5 Å². The van der Waals surface area contributed by atoms with E-state index in [2.05, 4.69) is 5.92 Å². The molecule has 0 radical (unpaired) electrons. The first-order chi connectivity index (χ1) is 10.7. The summed E-state index contributed by atoms with van der Waals surface area (Å²) in [7, 11) is 0. The van der Waals surface area contributed by atoms with E-state index in [4.69, 9.17) is 38.8 Å². The molecule has 0 saturated heterocycles. The lowest BCUT2D eigenvalue weighted by atomic mass is 9.94. The number of hydrogen-bond acceptors (Lipinski definition) is 3. The molecule has 4 nitrogen and oxygen atoms in total. The lowest BCUT2D eigenvalue weighted by molar-refractivity contribution is 0.369. The van der Waals surface area contributed by atoms with Crippen LogP contribution >= 0.6 is 23.2 Å². The number of nitrogens with zero attached hydrogens (tertiary/aromatic N) is 1. The number of hydrogen-bond donors (Lipinski definition) is 0. The van der Waals surface area contributed by atoms with Gasteiger partial charge in [-0.3, -0.25) is 0 Å². The number of rotatable bonds is 3. The smallest absolute Gasteiger partial charge is 0.425 e. The molecular weight excluding hydrogens is 344 g/mol. The fourth-order valence-corrected chi connectivity index (χ4v) is 2.63. The monoisotopic (exact) mass is 357 g/mol. The highest BCUT2D eigenvalue weighted by molar-refractivity contribution is 6.32. The zero-order valence-electron chi connectivity index (χ0n) is 12.7. The van der Waals surface area contributed by atoms with Crippen LogP contribution in [-0.2, 0) is 5.41 Å². The van der Waals surface area contributed by atoms with Gasteiger partial charge in [-0.25, -0.2) is 13.8 Å². The molecule has 2 aromatic rings. The van der Waals surface area contributed by atoms with Crippen molar-refractivity contribution in [2.45, 2.75) is 26.2 Å². The Morgan fingerprint density at radius 2 is 2.04 bits per heavy atom. The molecule has 0 N–H and O–H groups in total. The van der Waals surface area contributed by atoms with Crippen molar-refractivity contribution in [2.75, 3.05) is 6.61 Å². The van der Waals surface area contributed by atoms with E-state index in [1.165, 1.54) is 6.07 Å². The number of aromatic nitrogens is 1. The molecule has 1 aromatic heterocycles. The molecule has 0 spiro atoms. The third-order valence-corrected chi connectivity index (χ3v) is 3.63. The Hall–Kier alpha value is -1.90. The molecule has 23 heavy (non-hydrogen) atoms. The van der Waals surface area contributed by atoms with Crippen molar-refractivity contribution >= 4 is 23.2 Å². The maximum atomic E-state index is 14.3. The molecule has 0 bridgehead atoms. The van der Waals surface area contributed by atoms with Crippen LogP contribution in [0.3, 0.4) is 0 Å². The van der Waals surface area contributed by atoms with E-state index in [0.717, 1.165) is 10.6 Å². The zero-order valence-corrected chi connectivity index (χ0v) is 14.3. The van der Waals surface area contributed by atoms with Crippen molar-refractivity contribution in [3.8, 4) is 23.8 Å². The summed E-state index contributed by atoms with van der Waals surface area (Å²) in [6.45, 7) is 5.41. The Kier molecular flexibility index (Phi) is 4.79. The second-order valence-electron chi connectivity index (χ2n) is 5.80. The lowest BCUT2D eigenvalue weighted by Gasteiger charge is -2.15. The van der Waals surface area contributed by atoms with Gasteiger partial charge in [-0.15, -0.1) is 6.42 Å². The van der Waals surface area contributed by atoms with Crippen LogP contribution in [-0.4, -0.2) is 11.2 Å². The van der Waals surface area contributed by atoms with Crippen LogP contribution in [0.1, 0.15) is 26.5 Å². The van der Waals surface area contributed by atoms with E-state index in [9.17, 15) is 9.18 Å². The maximum Gasteiger partial charge on any atom is 0.425 e. The van der Waals surface area contributed by atoms with Crippen molar-refractivity contribution in [3.05, 3.63) is 44.4 Å². The molecule has 0 saturated carbocycles. The molecule has 0 aliphatic heterocycles. The molecule has 0 aliphatic rings. The average Bonchev–Trinajstić information content (AvgIpc) is 2.74. The van der Waals surface area contributed by atoms with E-state index in [-0.39, 0.29) is 34.0 Å². The molecule has 0 amide bonds. The van der Waals surface area contributed by atoms with Crippen molar-refractivity contribution in [3.63, 3.8) is 0 Å². The number of ether oxygens (including phenoxy) is 1. The fraction of sp³-hybridized carbons (Fsp3) is 0.312. The molecule has 2 rings (SSSR count). The first kappa shape index (κ1) is 17.5. The highest BCUT2D eigenvalue weighted by Crippen LogP contribution is 2.34. The van der Waals surface area contributed by atoms with Gasteiger partial charge < -0.3 is 9.15 Å². The third kappa shape index (κ3) is 3.39. The summed E-state index contributed by atoms with van der Waals surface area (Å²) in [4.78, 5) is 12.1. The second-order valence-corrected chi connectivity index (χ2v) is 6.57. The number of terminal acetylenes is 1. The Balaban J connectivity index is 2.66. The Labute approximate surface area is 142 Å². The SMILES string of the molecule is C#CCOc1cc(-n2c(Cl)c(C(C)(C)C)oc2=O)c(F)cc1Cl. The fourth-order valence-electron chi connectivity index (χ4n) is 1.94. The molecule has 0 aliphatic carbocycles. The van der Waals surface area contributed by atoms with E-state index in [1.807, 2.05) is 20.8 Å². The minimum atomic E-state index is -0.802. The van der Waals surface area contributed by atoms with Crippen molar-refractivity contribution in [1.82, 2.24) is 4.57 Å². The van der Waals surface area contributed by atoms with Gasteiger partial charge in [0.25, 0.3) is 0 Å². The summed E-state index contributed by atoms with van der Waals surface area (Å²) >= 11 is 12.1. The van der Waals surface area contributed by atoms with Crippen LogP contribution in [0.5, 0.6) is 5.75 Å². The molecular formula is C16H14Cl2FNO3. The summed E-state index contributed by atoms with van der Waals surface area (Å²) in [6, 6.07) is 2.28. The van der Waals surface area contributed by atoms with Crippen LogP contribution in [0.4, 0.5) is 4.39 Å². The summed E-state index contributed by atoms with van der Waals surface area (Å²) in [6.07, 6.45) is 5.12. The lowest BCUT2D eigenvalue weighted by Crippen LogP contribution is -2.14. The molecule has 122 valence electrons. The second kappa shape index (κ2) is 6.31. The number of halogens is 3. The Morgan fingerprint density at radius 1 is 1.39 bits per heavy atom. The minimum Gasteiger partial charge on any atom is -0.479 e. The van der Waals surface area contributed by atoms with E-state index in [0.29, 0.717) is 0 Å². The quantitative estimate of drug-likeness (QED) is 0.773. The van der Waals surface area contributed by atoms with Crippen molar-refractivity contribution in [2.24, 2.45) is 0 Å². The first-order valence-electron chi connectivity index (χ1n) is 6.64. The van der Waals surface area contributed by atoms with Gasteiger partial charge in [0, 0.05) is 11.5 Å². The Morgan fingerprint density at radius 3 is 2.57 bits per heavy atom. The number of benzene rings is 1. The van der Waals surface area contributed by atoms with Crippen LogP contribution in [0.2, 0.25) is 10.2 Å². The van der Waals surface area contributed by atoms with Crippen LogP contribution in [0, 0.1) is 18.2 Å². The largest absolute Gasteiger partial charge is 0.479 e. The zero-order chi connectivity index (χ0) is 17.4. The third-order valence-electron chi connectivity index (χ3n) is 2.99. The Bertz CT molecular complexity index is 841. The van der Waals surface area contributed by atoms with Crippen LogP contribution in [0.15, 0.2) is 21.3 Å². The standard InChI is InChI=1S/C16H14Cl2FNO3/c1-5-6-22-12-8-11(10(19)7-9(12)17)20-14(18)13(16(2,3)4)23-15(20)21/h1,7-8H,6H2,2-4H3. The van der Waals surface area contributed by atoms with E-state index >= 15 is 0 Å². The van der Waals surface area contributed by atoms with Gasteiger partial charge >= 0.3 is 5.76 Å². The van der Waals surface area contributed by atoms with Crippen LogP contribution in [0.25, 0.3) is 5.69 Å². The topological polar surface area (TPSA) is 44.4 Å². The van der Waals surface area contributed by atoms with E-state index < -0.39 is 17.0 Å². The molecule has 0 fully saturated rings. The summed E-state index contributed by atoms with van der Waals surface area (Å²) in [5.74, 6) is 1.13. The van der Waals surface area contributed by atoms with Crippen molar-refractivity contribution < 1.29 is 13.5 Å². The van der Waals surface area contributed by atoms with Crippen molar-refractivity contribution in [1.29, 1.82) is 0 Å². The first-order valence-corrected chi connectivity index (χ1v) is 7.40. The van der Waals surface area contributed by atoms with Gasteiger partial charge in [0.15, 0.2) is 10.9 Å². The molecule has 1 aromatic carbocycles. The summed E-state index contributed by atoms with van der Waals surface area (Å²) in [5, 5.41) is 0.0248. The van der Waals surface area contributed by atoms with E-state index in [1.54, 1.807) is 0 Å². The van der Waals surface area contributed by atoms with Gasteiger partial charge in [0.2, 0.25) is 0 Å². The highest BCUT2D eigenvalue weighted by atomic mass is 35.5. The normalized spacial score (nSPS) is 11.3. The molecule has 0 atom stereocenters. The number of oxazole rings is 1. The molecule has 7 heteroatoms. The maximum absolute atomic E-state index is 14.3. The summed E-state index contributed by atoms with van der Waals surface area (Å²) in [5.41, 5.74) is -0.650. The predicted molar refractivity (Wildman–Crippen MR) is 87.3 cm³/mol. The minimum absolute atomic E-state index is 0.00776. The van der Waals surface area contributed by atoms with Gasteiger partial charge in [0.1, 0.15) is 18.2 Å². The highest BCUT2D eigenvalue weighted by Gasteiger charge is 2.28. The van der Waals surface area contributed by atoms with Gasteiger partial charge in [-0.2, -0.15) is 0 Å².